The van der Waals surface area contributed by atoms with Crippen LogP contribution in [-0.4, -0.2) is 32.3 Å². The molecule has 0 unspecified atom stereocenters. The highest BCUT2D eigenvalue weighted by Gasteiger charge is 2.21. The van der Waals surface area contributed by atoms with E-state index in [2.05, 4.69) is 10.5 Å². The number of benzene rings is 1. The van der Waals surface area contributed by atoms with Crippen LogP contribution in [0.4, 0.5) is 11.5 Å². The molecule has 1 N–H and O–H groups in total. The van der Waals surface area contributed by atoms with Crippen molar-refractivity contribution in [1.29, 1.82) is 0 Å². The number of hydrogen-bond acceptors (Lipinski definition) is 5. The Bertz CT molecular complexity index is 804. The number of rotatable bonds is 6. The van der Waals surface area contributed by atoms with Gasteiger partial charge in [-0.3, -0.25) is 9.10 Å². The van der Waals surface area contributed by atoms with Crippen LogP contribution in [0.1, 0.15) is 12.2 Å². The van der Waals surface area contributed by atoms with Gasteiger partial charge in [-0.15, -0.1) is 0 Å². The van der Waals surface area contributed by atoms with Crippen molar-refractivity contribution in [3.8, 4) is 0 Å². The third-order valence-corrected chi connectivity index (χ3v) is 4.33. The van der Waals surface area contributed by atoms with Crippen molar-refractivity contribution >= 4 is 39.0 Å². The van der Waals surface area contributed by atoms with E-state index in [-0.39, 0.29) is 24.7 Å². The second kappa shape index (κ2) is 7.01. The molecule has 0 atom stereocenters. The van der Waals surface area contributed by atoms with Crippen molar-refractivity contribution in [2.45, 2.75) is 13.3 Å². The molecule has 0 saturated carbocycles. The van der Waals surface area contributed by atoms with E-state index < -0.39 is 10.0 Å². The van der Waals surface area contributed by atoms with Crippen molar-refractivity contribution in [3.05, 3.63) is 41.1 Å². The van der Waals surface area contributed by atoms with Crippen LogP contribution in [0.2, 0.25) is 5.02 Å². The number of hydrogen-bond donors (Lipinski definition) is 1. The lowest BCUT2D eigenvalue weighted by Gasteiger charge is -2.18. The Labute approximate surface area is 139 Å². The first kappa shape index (κ1) is 17.3. The van der Waals surface area contributed by atoms with Gasteiger partial charge in [0.15, 0.2) is 5.82 Å². The summed E-state index contributed by atoms with van der Waals surface area (Å²) in [4.78, 5) is 12.0. The number of anilines is 2. The van der Waals surface area contributed by atoms with Gasteiger partial charge in [-0.25, -0.2) is 8.42 Å². The molecular formula is C14H16ClN3O4S. The highest BCUT2D eigenvalue weighted by atomic mass is 35.5. The number of carbonyl (C=O) groups is 1. The largest absolute Gasteiger partial charge is 0.360 e. The molecule has 0 aliphatic heterocycles. The van der Waals surface area contributed by atoms with Crippen LogP contribution in [0.5, 0.6) is 0 Å². The van der Waals surface area contributed by atoms with Gasteiger partial charge in [0.2, 0.25) is 15.9 Å². The van der Waals surface area contributed by atoms with Crippen molar-refractivity contribution in [3.63, 3.8) is 0 Å². The van der Waals surface area contributed by atoms with Gasteiger partial charge in [-0.1, -0.05) is 22.8 Å². The van der Waals surface area contributed by atoms with Gasteiger partial charge in [0.1, 0.15) is 5.76 Å². The molecule has 9 heteroatoms. The monoisotopic (exact) mass is 357 g/mol. The number of amides is 1. The summed E-state index contributed by atoms with van der Waals surface area (Å²) in [5.41, 5.74) is 0.547. The van der Waals surface area contributed by atoms with E-state index in [0.717, 1.165) is 10.6 Å². The molecule has 1 amide bonds. The van der Waals surface area contributed by atoms with Gasteiger partial charge in [-0.05, 0) is 25.1 Å². The molecule has 0 aliphatic rings. The Morgan fingerprint density at radius 2 is 2.13 bits per heavy atom. The smallest absolute Gasteiger partial charge is 0.233 e. The zero-order chi connectivity index (χ0) is 17.0. The number of halogens is 1. The molecule has 2 rings (SSSR count). The third-order valence-electron chi connectivity index (χ3n) is 2.92. The lowest BCUT2D eigenvalue weighted by molar-refractivity contribution is -0.116. The second-order valence-electron chi connectivity index (χ2n) is 4.94. The normalized spacial score (nSPS) is 11.3. The molecule has 7 nitrogen and oxygen atoms in total. The maximum absolute atomic E-state index is 12.0. The Hall–Kier alpha value is -2.06. The average Bonchev–Trinajstić information content (AvgIpc) is 2.83. The molecule has 124 valence electrons. The third kappa shape index (κ3) is 4.97. The van der Waals surface area contributed by atoms with E-state index in [1.54, 1.807) is 31.2 Å². The minimum absolute atomic E-state index is 0.0362. The fraction of sp³-hybridized carbons (Fsp3) is 0.286. The minimum Gasteiger partial charge on any atom is -0.360 e. The van der Waals surface area contributed by atoms with Crippen molar-refractivity contribution in [1.82, 2.24) is 5.16 Å². The van der Waals surface area contributed by atoms with Gasteiger partial charge in [0, 0.05) is 29.7 Å². The second-order valence-corrected chi connectivity index (χ2v) is 7.28. The van der Waals surface area contributed by atoms with E-state index >= 15 is 0 Å². The average molecular weight is 358 g/mol. The SMILES string of the molecule is Cc1cc(N(CCC(=O)Nc2cccc(Cl)c2)S(C)(=O)=O)no1. The van der Waals surface area contributed by atoms with Crippen molar-refractivity contribution in [2.75, 3.05) is 22.4 Å². The summed E-state index contributed by atoms with van der Waals surface area (Å²) in [5, 5.41) is 6.83. The van der Waals surface area contributed by atoms with E-state index in [1.807, 2.05) is 0 Å². The summed E-state index contributed by atoms with van der Waals surface area (Å²) in [6, 6.07) is 8.19. The first-order chi connectivity index (χ1) is 10.8. The molecule has 2 aromatic rings. The number of carbonyl (C=O) groups excluding carboxylic acids is 1. The van der Waals surface area contributed by atoms with Crippen LogP contribution >= 0.6 is 11.6 Å². The predicted molar refractivity (Wildman–Crippen MR) is 88.1 cm³/mol. The molecule has 23 heavy (non-hydrogen) atoms. The highest BCUT2D eigenvalue weighted by Crippen LogP contribution is 2.18. The Kier molecular flexibility index (Phi) is 5.27. The molecule has 1 heterocycles. The zero-order valence-electron chi connectivity index (χ0n) is 12.6. The first-order valence-electron chi connectivity index (χ1n) is 6.72. The van der Waals surface area contributed by atoms with E-state index in [9.17, 15) is 13.2 Å². The van der Waals surface area contributed by atoms with Gasteiger partial charge < -0.3 is 9.84 Å². The van der Waals surface area contributed by atoms with Gasteiger partial charge >= 0.3 is 0 Å². The van der Waals surface area contributed by atoms with Gasteiger partial charge in [0.25, 0.3) is 0 Å². The molecule has 0 saturated heterocycles. The summed E-state index contributed by atoms with van der Waals surface area (Å²) in [6.45, 7) is 1.61. The standard InChI is InChI=1S/C14H16ClN3O4S/c1-10-8-13(17-22-10)18(23(2,20)21)7-6-14(19)16-12-5-3-4-11(15)9-12/h3-5,8-9H,6-7H2,1-2H3,(H,16,19). The Morgan fingerprint density at radius 1 is 1.39 bits per heavy atom. The molecule has 0 fully saturated rings. The van der Waals surface area contributed by atoms with Crippen molar-refractivity contribution < 1.29 is 17.7 Å². The molecule has 1 aromatic heterocycles. The fourth-order valence-corrected chi connectivity index (χ4v) is 2.95. The summed E-state index contributed by atoms with van der Waals surface area (Å²) >= 11 is 5.84. The molecule has 1 aromatic carbocycles. The fourth-order valence-electron chi connectivity index (χ4n) is 1.91. The number of aromatic nitrogens is 1. The number of sulfonamides is 1. The molecule has 0 aliphatic carbocycles. The summed E-state index contributed by atoms with van der Waals surface area (Å²) in [6.07, 6.45) is 1.01. The van der Waals surface area contributed by atoms with Crippen LogP contribution in [-0.2, 0) is 14.8 Å². The lowest BCUT2D eigenvalue weighted by atomic mass is 10.3. The zero-order valence-corrected chi connectivity index (χ0v) is 14.2. The van der Waals surface area contributed by atoms with E-state index in [4.69, 9.17) is 16.1 Å². The summed E-state index contributed by atoms with van der Waals surface area (Å²) in [7, 11) is -3.57. The van der Waals surface area contributed by atoms with Crippen LogP contribution in [0.3, 0.4) is 0 Å². The van der Waals surface area contributed by atoms with Crippen LogP contribution in [0.25, 0.3) is 0 Å². The maximum Gasteiger partial charge on any atom is 0.233 e. The quantitative estimate of drug-likeness (QED) is 0.857. The highest BCUT2D eigenvalue weighted by molar-refractivity contribution is 7.92. The van der Waals surface area contributed by atoms with Gasteiger partial charge in [-0.2, -0.15) is 0 Å². The Morgan fingerprint density at radius 3 is 2.70 bits per heavy atom. The van der Waals surface area contributed by atoms with Crippen molar-refractivity contribution in [2.24, 2.45) is 0 Å². The summed E-state index contributed by atoms with van der Waals surface area (Å²) in [5.74, 6) is 0.304. The van der Waals surface area contributed by atoms with E-state index in [0.29, 0.717) is 16.5 Å². The van der Waals surface area contributed by atoms with Crippen LogP contribution < -0.4 is 9.62 Å². The first-order valence-corrected chi connectivity index (χ1v) is 8.95. The Balaban J connectivity index is 2.02. The van der Waals surface area contributed by atoms with Gasteiger partial charge in [0.05, 0.1) is 6.26 Å². The lowest BCUT2D eigenvalue weighted by Crippen LogP contribution is -2.33. The minimum atomic E-state index is -3.57. The summed E-state index contributed by atoms with van der Waals surface area (Å²) < 4.78 is 29.6. The van der Waals surface area contributed by atoms with E-state index in [1.165, 1.54) is 6.07 Å². The molecule has 0 spiro atoms. The number of nitrogens with one attached hydrogen (secondary N) is 1. The number of nitrogens with zero attached hydrogens (tertiary/aromatic N) is 2. The van der Waals surface area contributed by atoms with Crippen LogP contribution in [0.15, 0.2) is 34.9 Å². The predicted octanol–water partition coefficient (Wildman–Crippen LogP) is 2.43. The maximum atomic E-state index is 12.0. The molecule has 0 radical (unpaired) electrons. The molecule has 0 bridgehead atoms. The topological polar surface area (TPSA) is 92.5 Å². The molecular weight excluding hydrogens is 342 g/mol. The van der Waals surface area contributed by atoms with Crippen LogP contribution in [0, 0.1) is 6.92 Å². The number of aryl methyl sites for hydroxylation is 1.